The van der Waals surface area contributed by atoms with Gasteiger partial charge in [0.15, 0.2) is 0 Å². The Morgan fingerprint density at radius 3 is 1.90 bits per heavy atom. The summed E-state index contributed by atoms with van der Waals surface area (Å²) in [4.78, 5) is 13.4. The Morgan fingerprint density at radius 1 is 0.439 bits per heavy atom. The van der Waals surface area contributed by atoms with Gasteiger partial charge in [0, 0.05) is 20.1 Å². The fourth-order valence-electron chi connectivity index (χ4n) is 4.46. The second-order valence-corrected chi connectivity index (χ2v) is 9.18. The molecule has 41 heavy (non-hydrogen) atoms. The predicted octanol–water partition coefficient (Wildman–Crippen LogP) is 8.98. The maximum atomic E-state index is 4.75. The molecule has 0 unspecified atom stereocenters. The molecule has 0 aliphatic carbocycles. The van der Waals surface area contributed by atoms with Gasteiger partial charge in [0.1, 0.15) is 6.33 Å². The second-order valence-electron chi connectivity index (χ2n) is 9.18. The number of nitrogens with zero attached hydrogens (tertiary/aromatic N) is 3. The van der Waals surface area contributed by atoms with Gasteiger partial charge in [-0.1, -0.05) is 97.1 Å². The van der Waals surface area contributed by atoms with Gasteiger partial charge in [-0.05, 0) is 34.0 Å². The molecule has 0 spiro atoms. The first-order chi connectivity index (χ1) is 19.8. The van der Waals surface area contributed by atoms with Crippen LogP contribution in [0.4, 0.5) is 0 Å². The van der Waals surface area contributed by atoms with Crippen molar-refractivity contribution in [1.82, 2.24) is 15.0 Å². The predicted molar refractivity (Wildman–Crippen MR) is 163 cm³/mol. The summed E-state index contributed by atoms with van der Waals surface area (Å²) in [6.07, 6.45) is 1.60. The van der Waals surface area contributed by atoms with Gasteiger partial charge >= 0.3 is 0 Å². The van der Waals surface area contributed by atoms with E-state index < -0.39 is 0 Å². The molecule has 2 heterocycles. The van der Waals surface area contributed by atoms with Crippen LogP contribution in [0.15, 0.2) is 152 Å². The first-order valence-electron chi connectivity index (χ1n) is 13.1. The van der Waals surface area contributed by atoms with Crippen LogP contribution < -0.4 is 0 Å². The molecular weight excluding hydrogens is 679 g/mol. The number of hydrogen-bond donors (Lipinski definition) is 0. The van der Waals surface area contributed by atoms with E-state index in [2.05, 4.69) is 76.7 Å². The normalized spacial score (nSPS) is 10.2. The van der Waals surface area contributed by atoms with Crippen molar-refractivity contribution in [2.75, 3.05) is 0 Å². The Labute approximate surface area is 254 Å². The molecule has 0 amide bonds. The number of hydrogen-bond acceptors (Lipinski definition) is 3. The van der Waals surface area contributed by atoms with Crippen LogP contribution in [0.3, 0.4) is 0 Å². The minimum absolute atomic E-state index is 0. The van der Waals surface area contributed by atoms with Crippen LogP contribution in [-0.4, -0.2) is 15.0 Å². The number of rotatable bonds is 4. The average molecular weight is 704 g/mol. The quantitative estimate of drug-likeness (QED) is 0.172. The SMILES string of the molecule is [Ir].[c-]1ccc(-c2ccccc2)cc1-c1ccc2ccccc2n1.[c-]1ccccc1-c1cc(-c2ccccc2)ncn1. The van der Waals surface area contributed by atoms with Gasteiger partial charge in [0.05, 0.1) is 11.2 Å². The summed E-state index contributed by atoms with van der Waals surface area (Å²) in [5.74, 6) is 0. The van der Waals surface area contributed by atoms with Crippen molar-refractivity contribution >= 4 is 10.9 Å². The van der Waals surface area contributed by atoms with Crippen molar-refractivity contribution < 1.29 is 20.1 Å². The van der Waals surface area contributed by atoms with Crippen molar-refractivity contribution in [2.45, 2.75) is 0 Å². The van der Waals surface area contributed by atoms with E-state index in [0.29, 0.717) is 0 Å². The van der Waals surface area contributed by atoms with Gasteiger partial charge in [-0.25, -0.2) is 4.98 Å². The number of fused-ring (bicyclic) bond motifs is 1. The summed E-state index contributed by atoms with van der Waals surface area (Å²) in [5.41, 5.74) is 9.28. The Balaban J connectivity index is 0.000000164. The number of para-hydroxylation sites is 1. The van der Waals surface area contributed by atoms with Crippen LogP contribution in [0.1, 0.15) is 0 Å². The Kier molecular flexibility index (Phi) is 9.18. The topological polar surface area (TPSA) is 38.7 Å². The molecule has 0 aliphatic heterocycles. The van der Waals surface area contributed by atoms with E-state index in [1.807, 2.05) is 91.0 Å². The molecule has 5 aromatic carbocycles. The molecular formula is C37H25IrN3-2. The molecule has 3 nitrogen and oxygen atoms in total. The van der Waals surface area contributed by atoms with Crippen molar-refractivity contribution in [3.8, 4) is 44.9 Å². The zero-order valence-corrected chi connectivity index (χ0v) is 24.5. The van der Waals surface area contributed by atoms with Gasteiger partial charge < -0.3 is 0 Å². The first-order valence-corrected chi connectivity index (χ1v) is 13.1. The molecule has 0 aliphatic rings. The summed E-state index contributed by atoms with van der Waals surface area (Å²) in [7, 11) is 0. The van der Waals surface area contributed by atoms with Crippen molar-refractivity contribution in [1.29, 1.82) is 0 Å². The zero-order chi connectivity index (χ0) is 27.0. The molecule has 0 atom stereocenters. The third-order valence-electron chi connectivity index (χ3n) is 6.50. The molecule has 0 N–H and O–H groups in total. The van der Waals surface area contributed by atoms with Gasteiger partial charge in [-0.3, -0.25) is 9.97 Å². The van der Waals surface area contributed by atoms with E-state index in [4.69, 9.17) is 4.98 Å². The molecule has 0 saturated heterocycles. The monoisotopic (exact) mass is 704 g/mol. The van der Waals surface area contributed by atoms with Gasteiger partial charge in [0.2, 0.25) is 0 Å². The summed E-state index contributed by atoms with van der Waals surface area (Å²) in [6.45, 7) is 0. The molecule has 0 fully saturated rings. The summed E-state index contributed by atoms with van der Waals surface area (Å²) < 4.78 is 0. The Bertz CT molecular complexity index is 1780. The smallest absolute Gasteiger partial charge is 0.106 e. The largest absolute Gasteiger partial charge is 0.296 e. The van der Waals surface area contributed by atoms with Crippen LogP contribution in [0.25, 0.3) is 55.8 Å². The van der Waals surface area contributed by atoms with E-state index in [9.17, 15) is 0 Å². The van der Waals surface area contributed by atoms with E-state index in [0.717, 1.165) is 44.7 Å². The molecule has 1 radical (unpaired) electrons. The van der Waals surface area contributed by atoms with Gasteiger partial charge in [0.25, 0.3) is 0 Å². The van der Waals surface area contributed by atoms with Crippen molar-refractivity contribution in [3.05, 3.63) is 164 Å². The molecule has 2 aromatic heterocycles. The van der Waals surface area contributed by atoms with Crippen LogP contribution in [-0.2, 0) is 20.1 Å². The molecule has 199 valence electrons. The summed E-state index contributed by atoms with van der Waals surface area (Å²) in [5, 5.41) is 1.16. The first kappa shape index (κ1) is 27.8. The maximum Gasteiger partial charge on any atom is 0.106 e. The molecule has 7 aromatic rings. The summed E-state index contributed by atoms with van der Waals surface area (Å²) >= 11 is 0. The molecule has 4 heteroatoms. The Morgan fingerprint density at radius 2 is 1.12 bits per heavy atom. The standard InChI is InChI=1S/C21H14N.C16H11N2.Ir/c1-2-7-16(8-3-1)18-10-6-11-19(15-18)21-14-13-17-9-4-5-12-20(17)22-21;1-3-7-13(8-4-1)15-11-16(18-12-17-15)14-9-5-2-6-10-14;/h1-10,12-15H;1-9,11-12H;/q2*-1;. The molecule has 0 saturated carbocycles. The van der Waals surface area contributed by atoms with E-state index in [1.165, 1.54) is 11.1 Å². The van der Waals surface area contributed by atoms with Crippen LogP contribution in [0, 0.1) is 12.1 Å². The Hall–Kier alpha value is -4.76. The minimum Gasteiger partial charge on any atom is -0.296 e. The van der Waals surface area contributed by atoms with Gasteiger partial charge in [-0.2, -0.15) is 0 Å². The van der Waals surface area contributed by atoms with Crippen LogP contribution >= 0.6 is 0 Å². The van der Waals surface area contributed by atoms with E-state index in [1.54, 1.807) is 6.33 Å². The third-order valence-corrected chi connectivity index (χ3v) is 6.50. The fraction of sp³-hybridized carbons (Fsp3) is 0. The maximum absolute atomic E-state index is 4.75. The van der Waals surface area contributed by atoms with Crippen LogP contribution in [0.5, 0.6) is 0 Å². The van der Waals surface area contributed by atoms with E-state index >= 15 is 0 Å². The summed E-state index contributed by atoms with van der Waals surface area (Å²) in [6, 6.07) is 55.3. The number of aromatic nitrogens is 3. The third kappa shape index (κ3) is 6.88. The molecule has 7 rings (SSSR count). The van der Waals surface area contributed by atoms with Gasteiger partial charge in [-0.15, -0.1) is 71.3 Å². The van der Waals surface area contributed by atoms with Crippen molar-refractivity contribution in [3.63, 3.8) is 0 Å². The fourth-order valence-corrected chi connectivity index (χ4v) is 4.46. The van der Waals surface area contributed by atoms with Crippen LogP contribution in [0.2, 0.25) is 0 Å². The molecule has 0 bridgehead atoms. The van der Waals surface area contributed by atoms with Crippen molar-refractivity contribution in [2.24, 2.45) is 0 Å². The minimum atomic E-state index is 0. The average Bonchev–Trinajstić information content (AvgIpc) is 3.06. The number of pyridine rings is 1. The number of benzene rings is 5. The van der Waals surface area contributed by atoms with E-state index in [-0.39, 0.29) is 20.1 Å². The second kappa shape index (κ2) is 13.5. The zero-order valence-electron chi connectivity index (χ0n) is 22.1.